The highest BCUT2D eigenvalue weighted by Gasteiger charge is 2.27. The van der Waals surface area contributed by atoms with Crippen LogP contribution in [0.3, 0.4) is 0 Å². The zero-order valence-electron chi connectivity index (χ0n) is 13.7. The van der Waals surface area contributed by atoms with Gasteiger partial charge in [-0.3, -0.25) is 4.79 Å². The molecule has 0 aliphatic carbocycles. The maximum atomic E-state index is 12.1. The molecule has 2 atom stereocenters. The highest BCUT2D eigenvalue weighted by Crippen LogP contribution is 2.19. The molecule has 7 heteroatoms. The lowest BCUT2D eigenvalue weighted by molar-refractivity contribution is -0.142. The van der Waals surface area contributed by atoms with E-state index in [1.54, 1.807) is 6.20 Å². The van der Waals surface area contributed by atoms with Gasteiger partial charge in [0.25, 0.3) is 0 Å². The summed E-state index contributed by atoms with van der Waals surface area (Å²) in [6, 6.07) is 5.33. The number of amides is 1. The van der Waals surface area contributed by atoms with Crippen molar-refractivity contribution in [2.24, 2.45) is 11.1 Å². The largest absolute Gasteiger partial charge is 0.480 e. The number of carboxylic acids is 1. The summed E-state index contributed by atoms with van der Waals surface area (Å²) in [5.41, 5.74) is 1.69. The van der Waals surface area contributed by atoms with E-state index in [2.05, 4.69) is 15.5 Å². The summed E-state index contributed by atoms with van der Waals surface area (Å²) in [5, 5.41) is 15.6. The number of fused-ring (bicyclic) bond motifs is 1. The van der Waals surface area contributed by atoms with Gasteiger partial charge < -0.3 is 15.4 Å². The van der Waals surface area contributed by atoms with E-state index in [1.165, 1.54) is 0 Å². The van der Waals surface area contributed by atoms with Gasteiger partial charge >= 0.3 is 5.97 Å². The molecule has 0 radical (unpaired) electrons. The fraction of sp³-hybridized carbons (Fsp3) is 0.412. The van der Waals surface area contributed by atoms with Crippen molar-refractivity contribution in [1.82, 2.24) is 10.3 Å². The van der Waals surface area contributed by atoms with Gasteiger partial charge in [-0.25, -0.2) is 4.79 Å². The second-order valence-electron chi connectivity index (χ2n) is 6.21. The van der Waals surface area contributed by atoms with Crippen molar-refractivity contribution in [3.63, 3.8) is 0 Å². The van der Waals surface area contributed by atoms with E-state index in [0.717, 1.165) is 16.5 Å². The molecule has 2 aromatic rings. The third-order valence-electron chi connectivity index (χ3n) is 3.84. The van der Waals surface area contributed by atoms with Crippen LogP contribution in [0.15, 0.2) is 35.6 Å². The van der Waals surface area contributed by atoms with Crippen molar-refractivity contribution in [2.45, 2.75) is 38.8 Å². The maximum absolute atomic E-state index is 12.1. The van der Waals surface area contributed by atoms with Crippen LogP contribution in [-0.4, -0.2) is 34.1 Å². The predicted octanol–water partition coefficient (Wildman–Crippen LogP) is 2.46. The first-order valence-electron chi connectivity index (χ1n) is 7.83. The van der Waals surface area contributed by atoms with Gasteiger partial charge in [0.2, 0.25) is 5.91 Å². The third-order valence-corrected chi connectivity index (χ3v) is 3.84. The van der Waals surface area contributed by atoms with Crippen molar-refractivity contribution in [3.05, 3.63) is 40.9 Å². The summed E-state index contributed by atoms with van der Waals surface area (Å²) >= 11 is 0. The molecule has 7 nitrogen and oxygen atoms in total. The number of hydrogen-bond acceptors (Lipinski definition) is 4. The Kier molecular flexibility index (Phi) is 5.68. The minimum Gasteiger partial charge on any atom is -0.480 e. The number of carbonyl (C=O) groups excluding carboxylic acids is 1. The number of aromatic nitrogens is 1. The zero-order chi connectivity index (χ0) is 17.7. The monoisotopic (exact) mass is 331 g/mol. The third kappa shape index (κ3) is 4.18. The van der Waals surface area contributed by atoms with E-state index < -0.39 is 24.0 Å². The zero-order valence-corrected chi connectivity index (χ0v) is 13.7. The SMILES string of the molecule is CC(C)CC(N=O)C(=O)N[C@@H](Cc1c[nH]c2ccccc12)C(=O)O. The van der Waals surface area contributed by atoms with Gasteiger partial charge in [-0.2, -0.15) is 0 Å². The Morgan fingerprint density at radius 2 is 2.00 bits per heavy atom. The molecule has 3 N–H and O–H groups in total. The molecule has 1 heterocycles. The number of carboxylic acid groups (broad SMARTS) is 1. The summed E-state index contributed by atoms with van der Waals surface area (Å²) in [6.45, 7) is 3.73. The molecule has 1 aromatic carbocycles. The van der Waals surface area contributed by atoms with Crippen LogP contribution in [0.5, 0.6) is 0 Å². The molecule has 0 spiro atoms. The van der Waals surface area contributed by atoms with Gasteiger partial charge in [0.05, 0.1) is 0 Å². The minimum absolute atomic E-state index is 0.107. The molecular weight excluding hydrogens is 310 g/mol. The predicted molar refractivity (Wildman–Crippen MR) is 90.6 cm³/mol. The number of nitroso groups, excluding NO2 is 1. The number of H-pyrrole nitrogens is 1. The Bertz CT molecular complexity index is 738. The molecule has 0 aliphatic heterocycles. The molecule has 0 fully saturated rings. The second-order valence-corrected chi connectivity index (χ2v) is 6.21. The number of carbonyl (C=O) groups is 2. The topological polar surface area (TPSA) is 112 Å². The number of hydrogen-bond donors (Lipinski definition) is 3. The van der Waals surface area contributed by atoms with Crippen LogP contribution in [0.25, 0.3) is 10.9 Å². The fourth-order valence-electron chi connectivity index (χ4n) is 2.63. The first-order chi connectivity index (χ1) is 11.4. The number of nitrogens with one attached hydrogen (secondary N) is 2. The van der Waals surface area contributed by atoms with Crippen LogP contribution in [0, 0.1) is 10.8 Å². The molecular formula is C17H21N3O4. The number of rotatable bonds is 8. The van der Waals surface area contributed by atoms with E-state index in [1.807, 2.05) is 38.1 Å². The molecule has 1 amide bonds. The van der Waals surface area contributed by atoms with Gasteiger partial charge in [0.1, 0.15) is 6.04 Å². The summed E-state index contributed by atoms with van der Waals surface area (Å²) in [5.74, 6) is -1.69. The van der Waals surface area contributed by atoms with Gasteiger partial charge in [0.15, 0.2) is 6.04 Å². The quantitative estimate of drug-likeness (QED) is 0.645. The number of aromatic amines is 1. The van der Waals surface area contributed by atoms with Crippen LogP contribution in [-0.2, 0) is 16.0 Å². The van der Waals surface area contributed by atoms with Crippen LogP contribution in [0.1, 0.15) is 25.8 Å². The van der Waals surface area contributed by atoms with Gasteiger partial charge in [-0.05, 0) is 24.0 Å². The van der Waals surface area contributed by atoms with Gasteiger partial charge in [-0.1, -0.05) is 37.2 Å². The lowest BCUT2D eigenvalue weighted by atomic mass is 10.0. The normalized spacial score (nSPS) is 13.6. The number of benzene rings is 1. The molecule has 1 unspecified atom stereocenters. The highest BCUT2D eigenvalue weighted by atomic mass is 16.4. The molecule has 0 aliphatic rings. The molecule has 0 saturated heterocycles. The molecule has 0 saturated carbocycles. The minimum atomic E-state index is -1.15. The Balaban J connectivity index is 2.13. The Morgan fingerprint density at radius 3 is 2.62 bits per heavy atom. The van der Waals surface area contributed by atoms with E-state index in [9.17, 15) is 19.6 Å². The average molecular weight is 331 g/mol. The van der Waals surface area contributed by atoms with E-state index in [4.69, 9.17) is 0 Å². The lowest BCUT2D eigenvalue weighted by Crippen LogP contribution is -2.46. The second kappa shape index (κ2) is 7.72. The van der Waals surface area contributed by atoms with Crippen LogP contribution in [0.4, 0.5) is 0 Å². The number of nitrogens with zero attached hydrogens (tertiary/aromatic N) is 1. The first-order valence-corrected chi connectivity index (χ1v) is 7.83. The Morgan fingerprint density at radius 1 is 1.29 bits per heavy atom. The van der Waals surface area contributed by atoms with E-state index in [-0.39, 0.29) is 18.8 Å². The van der Waals surface area contributed by atoms with Crippen molar-refractivity contribution in [3.8, 4) is 0 Å². The standard InChI is InChI=1S/C17H21N3O4/c1-10(2)7-14(20-24)16(21)19-15(17(22)23)8-11-9-18-13-6-4-3-5-12(11)13/h3-6,9-10,14-15,18H,7-8H2,1-2H3,(H,19,21)(H,22,23)/t14?,15-/m0/s1. The van der Waals surface area contributed by atoms with Crippen molar-refractivity contribution in [1.29, 1.82) is 0 Å². The fourth-order valence-corrected chi connectivity index (χ4v) is 2.63. The first kappa shape index (κ1) is 17.7. The highest BCUT2D eigenvalue weighted by molar-refractivity contribution is 5.88. The summed E-state index contributed by atoms with van der Waals surface area (Å²) in [4.78, 5) is 37.6. The molecule has 0 bridgehead atoms. The molecule has 2 rings (SSSR count). The van der Waals surface area contributed by atoms with Crippen LogP contribution in [0.2, 0.25) is 0 Å². The van der Waals surface area contributed by atoms with Crippen LogP contribution >= 0.6 is 0 Å². The maximum Gasteiger partial charge on any atom is 0.326 e. The summed E-state index contributed by atoms with van der Waals surface area (Å²) in [6.07, 6.45) is 2.14. The lowest BCUT2D eigenvalue weighted by Gasteiger charge is -2.17. The van der Waals surface area contributed by atoms with Gasteiger partial charge in [0, 0.05) is 23.5 Å². The van der Waals surface area contributed by atoms with E-state index in [0.29, 0.717) is 0 Å². The summed E-state index contributed by atoms with van der Waals surface area (Å²) in [7, 11) is 0. The van der Waals surface area contributed by atoms with Gasteiger partial charge in [-0.15, -0.1) is 4.91 Å². The number of para-hydroxylation sites is 1. The number of aliphatic carboxylic acids is 1. The van der Waals surface area contributed by atoms with Crippen molar-refractivity contribution < 1.29 is 14.7 Å². The molecule has 24 heavy (non-hydrogen) atoms. The van der Waals surface area contributed by atoms with Crippen molar-refractivity contribution in [2.75, 3.05) is 0 Å². The smallest absolute Gasteiger partial charge is 0.326 e. The Hall–Kier alpha value is -2.70. The molecule has 128 valence electrons. The Labute approximate surface area is 139 Å². The van der Waals surface area contributed by atoms with Crippen LogP contribution < -0.4 is 5.32 Å². The summed E-state index contributed by atoms with van der Waals surface area (Å²) < 4.78 is 0. The van der Waals surface area contributed by atoms with E-state index >= 15 is 0 Å². The average Bonchev–Trinajstić information content (AvgIpc) is 2.94. The molecule has 1 aromatic heterocycles. The van der Waals surface area contributed by atoms with Crippen molar-refractivity contribution >= 4 is 22.8 Å².